The first kappa shape index (κ1) is 12.8. The van der Waals surface area contributed by atoms with Gasteiger partial charge >= 0.3 is 0 Å². The van der Waals surface area contributed by atoms with Gasteiger partial charge in [-0.25, -0.2) is 0 Å². The van der Waals surface area contributed by atoms with Gasteiger partial charge in [0.2, 0.25) is 6.79 Å². The van der Waals surface area contributed by atoms with Gasteiger partial charge < -0.3 is 19.9 Å². The van der Waals surface area contributed by atoms with Crippen molar-refractivity contribution in [1.82, 2.24) is 0 Å². The predicted molar refractivity (Wildman–Crippen MR) is 76.0 cm³/mol. The van der Waals surface area contributed by atoms with Gasteiger partial charge in [-0.05, 0) is 24.2 Å². The highest BCUT2D eigenvalue weighted by atomic mass is 16.7. The van der Waals surface area contributed by atoms with Crippen molar-refractivity contribution >= 4 is 0 Å². The molecule has 2 N–H and O–H groups in total. The van der Waals surface area contributed by atoms with Crippen molar-refractivity contribution in [3.8, 4) is 17.2 Å². The molecule has 0 saturated carbocycles. The minimum atomic E-state index is -0.0541. The molecule has 0 spiro atoms. The molecule has 1 aliphatic heterocycles. The molecule has 0 amide bonds. The molecule has 4 heteroatoms. The smallest absolute Gasteiger partial charge is 0.231 e. The van der Waals surface area contributed by atoms with Crippen LogP contribution in [0, 0.1) is 0 Å². The fourth-order valence-corrected chi connectivity index (χ4v) is 2.23. The molecule has 1 heterocycles. The molecule has 0 aliphatic carbocycles. The average Bonchev–Trinajstić information content (AvgIpc) is 2.95. The second-order valence-electron chi connectivity index (χ2n) is 4.61. The number of fused-ring (bicyclic) bond motifs is 1. The lowest BCUT2D eigenvalue weighted by Crippen LogP contribution is -2.13. The summed E-state index contributed by atoms with van der Waals surface area (Å²) in [6.45, 7) is 0.841. The first-order valence-corrected chi connectivity index (χ1v) is 6.68. The number of ether oxygens (including phenoxy) is 3. The molecule has 1 atom stereocenters. The third-order valence-corrected chi connectivity index (χ3v) is 3.22. The maximum Gasteiger partial charge on any atom is 0.231 e. The van der Waals surface area contributed by atoms with Gasteiger partial charge in [0.1, 0.15) is 11.9 Å². The number of benzene rings is 2. The second-order valence-corrected chi connectivity index (χ2v) is 4.61. The molecule has 1 aliphatic rings. The van der Waals surface area contributed by atoms with E-state index >= 15 is 0 Å². The van der Waals surface area contributed by atoms with Gasteiger partial charge in [0, 0.05) is 12.5 Å². The zero-order valence-electron chi connectivity index (χ0n) is 11.1. The Kier molecular flexibility index (Phi) is 3.74. The van der Waals surface area contributed by atoms with Crippen LogP contribution in [0.4, 0.5) is 0 Å². The Hall–Kier alpha value is -2.20. The van der Waals surface area contributed by atoms with Gasteiger partial charge in [-0.3, -0.25) is 0 Å². The number of nitrogens with two attached hydrogens (primary N) is 1. The molecule has 2 aromatic carbocycles. The van der Waals surface area contributed by atoms with Crippen LogP contribution < -0.4 is 19.9 Å². The Balaban J connectivity index is 1.80. The molecule has 104 valence electrons. The fraction of sp³-hybridized carbons (Fsp3) is 0.250. The summed E-state index contributed by atoms with van der Waals surface area (Å²) in [6.07, 6.45) is 0.708. The van der Waals surface area contributed by atoms with E-state index in [0.717, 1.165) is 29.2 Å². The van der Waals surface area contributed by atoms with Crippen molar-refractivity contribution < 1.29 is 14.2 Å². The maximum absolute atomic E-state index is 6.05. The summed E-state index contributed by atoms with van der Waals surface area (Å²) < 4.78 is 16.7. The predicted octanol–water partition coefficient (Wildman–Crippen LogP) is 2.88. The van der Waals surface area contributed by atoms with E-state index in [0.29, 0.717) is 6.54 Å². The summed E-state index contributed by atoms with van der Waals surface area (Å²) in [6, 6.07) is 15.7. The van der Waals surface area contributed by atoms with Crippen molar-refractivity contribution in [3.63, 3.8) is 0 Å². The van der Waals surface area contributed by atoms with Crippen LogP contribution in [0.3, 0.4) is 0 Å². The minimum Gasteiger partial charge on any atom is -0.486 e. The molecule has 3 rings (SSSR count). The molecule has 1 unspecified atom stereocenters. The summed E-state index contributed by atoms with van der Waals surface area (Å²) in [4.78, 5) is 0. The van der Waals surface area contributed by atoms with E-state index in [4.69, 9.17) is 19.9 Å². The third-order valence-electron chi connectivity index (χ3n) is 3.22. The van der Waals surface area contributed by atoms with Gasteiger partial charge in [0.25, 0.3) is 0 Å². The summed E-state index contributed by atoms with van der Waals surface area (Å²) >= 11 is 0. The van der Waals surface area contributed by atoms with E-state index in [-0.39, 0.29) is 12.9 Å². The molecule has 2 aromatic rings. The van der Waals surface area contributed by atoms with Crippen LogP contribution in [0.15, 0.2) is 48.5 Å². The Morgan fingerprint density at radius 2 is 1.85 bits per heavy atom. The van der Waals surface area contributed by atoms with Gasteiger partial charge in [0.05, 0.1) is 0 Å². The highest BCUT2D eigenvalue weighted by Crippen LogP contribution is 2.36. The monoisotopic (exact) mass is 271 g/mol. The first-order chi connectivity index (χ1) is 9.86. The van der Waals surface area contributed by atoms with Crippen LogP contribution >= 0.6 is 0 Å². The van der Waals surface area contributed by atoms with E-state index in [2.05, 4.69) is 0 Å². The quantitative estimate of drug-likeness (QED) is 0.908. The Morgan fingerprint density at radius 1 is 1.05 bits per heavy atom. The molecule has 0 saturated heterocycles. The lowest BCUT2D eigenvalue weighted by Gasteiger charge is -2.19. The molecule has 20 heavy (non-hydrogen) atoms. The molecule has 0 aromatic heterocycles. The average molecular weight is 271 g/mol. The van der Waals surface area contributed by atoms with E-state index in [9.17, 15) is 0 Å². The maximum atomic E-state index is 6.05. The van der Waals surface area contributed by atoms with E-state index in [1.807, 2.05) is 48.5 Å². The van der Waals surface area contributed by atoms with Crippen molar-refractivity contribution in [2.24, 2.45) is 5.73 Å². The molecule has 0 bridgehead atoms. The van der Waals surface area contributed by atoms with Crippen LogP contribution in [0.1, 0.15) is 18.1 Å². The summed E-state index contributed by atoms with van der Waals surface area (Å²) in [5.74, 6) is 2.24. The lowest BCUT2D eigenvalue weighted by atomic mass is 10.1. The van der Waals surface area contributed by atoms with E-state index < -0.39 is 0 Å². The first-order valence-electron chi connectivity index (χ1n) is 6.68. The normalized spacial score (nSPS) is 14.1. The standard InChI is InChI=1S/C16H17NO3/c17-9-8-14(12-4-2-1-3-5-12)20-13-6-7-15-16(10-13)19-11-18-15/h1-7,10,14H,8-9,11,17H2. The van der Waals surface area contributed by atoms with Crippen LogP contribution in [0.25, 0.3) is 0 Å². The Labute approximate surface area is 118 Å². The van der Waals surface area contributed by atoms with Crippen LogP contribution in [0.5, 0.6) is 17.2 Å². The zero-order valence-corrected chi connectivity index (χ0v) is 11.1. The van der Waals surface area contributed by atoms with Crippen molar-refractivity contribution in [2.75, 3.05) is 13.3 Å². The largest absolute Gasteiger partial charge is 0.486 e. The SMILES string of the molecule is NCCC(Oc1ccc2c(c1)OCO2)c1ccccc1. The lowest BCUT2D eigenvalue weighted by molar-refractivity contribution is 0.173. The van der Waals surface area contributed by atoms with Gasteiger partial charge in [-0.15, -0.1) is 0 Å². The molecule has 4 nitrogen and oxygen atoms in total. The summed E-state index contributed by atoms with van der Waals surface area (Å²) in [5, 5.41) is 0. The Morgan fingerprint density at radius 3 is 2.65 bits per heavy atom. The van der Waals surface area contributed by atoms with Crippen molar-refractivity contribution in [1.29, 1.82) is 0 Å². The minimum absolute atomic E-state index is 0.0541. The summed E-state index contributed by atoms with van der Waals surface area (Å²) in [5.41, 5.74) is 6.81. The Bertz CT molecular complexity index is 571. The van der Waals surface area contributed by atoms with Gasteiger partial charge in [-0.1, -0.05) is 30.3 Å². The van der Waals surface area contributed by atoms with Crippen LogP contribution in [0.2, 0.25) is 0 Å². The highest BCUT2D eigenvalue weighted by Gasteiger charge is 2.17. The molecular weight excluding hydrogens is 254 g/mol. The number of hydrogen-bond donors (Lipinski definition) is 1. The summed E-state index contributed by atoms with van der Waals surface area (Å²) in [7, 11) is 0. The number of hydrogen-bond acceptors (Lipinski definition) is 4. The van der Waals surface area contributed by atoms with Crippen molar-refractivity contribution in [3.05, 3.63) is 54.1 Å². The third kappa shape index (κ3) is 2.70. The van der Waals surface area contributed by atoms with Crippen LogP contribution in [-0.4, -0.2) is 13.3 Å². The van der Waals surface area contributed by atoms with Crippen molar-refractivity contribution in [2.45, 2.75) is 12.5 Å². The van der Waals surface area contributed by atoms with Gasteiger partial charge in [0.15, 0.2) is 11.5 Å². The zero-order chi connectivity index (χ0) is 13.8. The fourth-order valence-electron chi connectivity index (χ4n) is 2.23. The van der Waals surface area contributed by atoms with Gasteiger partial charge in [-0.2, -0.15) is 0 Å². The van der Waals surface area contributed by atoms with E-state index in [1.165, 1.54) is 0 Å². The number of rotatable bonds is 5. The topological polar surface area (TPSA) is 53.7 Å². The van der Waals surface area contributed by atoms with E-state index in [1.54, 1.807) is 0 Å². The highest BCUT2D eigenvalue weighted by molar-refractivity contribution is 5.47. The molecule has 0 radical (unpaired) electrons. The molecular formula is C16H17NO3. The van der Waals surface area contributed by atoms with Crippen LogP contribution in [-0.2, 0) is 0 Å². The molecule has 0 fully saturated rings. The second kappa shape index (κ2) is 5.84.